The molecule has 1 aliphatic heterocycles. The first-order valence-corrected chi connectivity index (χ1v) is 9.15. The molecule has 0 bridgehead atoms. The Morgan fingerprint density at radius 3 is 2.35 bits per heavy atom. The Bertz CT molecular complexity index is 872. The summed E-state index contributed by atoms with van der Waals surface area (Å²) in [7, 11) is 0. The van der Waals surface area contributed by atoms with Gasteiger partial charge in [-0.1, -0.05) is 18.2 Å². The van der Waals surface area contributed by atoms with Crippen molar-refractivity contribution < 1.29 is 0 Å². The topological polar surface area (TPSA) is 57.2 Å². The molecule has 1 saturated heterocycles. The molecule has 0 aliphatic carbocycles. The lowest BCUT2D eigenvalue weighted by Gasteiger charge is -2.35. The highest BCUT2D eigenvalue weighted by Crippen LogP contribution is 2.25. The molecule has 6 heteroatoms. The number of hydrogen-bond donors (Lipinski definition) is 1. The Balaban J connectivity index is 1.57. The Kier molecular flexibility index (Phi) is 4.56. The normalized spacial score (nSPS) is 14.9. The number of nitrogens with zero attached hydrogens (tertiary/aromatic N) is 5. The molecule has 26 heavy (non-hydrogen) atoms. The average molecular weight is 348 g/mol. The van der Waals surface area contributed by atoms with Crippen molar-refractivity contribution in [3.05, 3.63) is 48.7 Å². The van der Waals surface area contributed by atoms with Gasteiger partial charge < -0.3 is 15.1 Å². The highest BCUT2D eigenvalue weighted by Gasteiger charge is 2.21. The van der Waals surface area contributed by atoms with E-state index in [2.05, 4.69) is 52.1 Å². The first kappa shape index (κ1) is 16.6. The van der Waals surface area contributed by atoms with Gasteiger partial charge in [-0.3, -0.25) is 0 Å². The van der Waals surface area contributed by atoms with E-state index in [1.165, 1.54) is 0 Å². The van der Waals surface area contributed by atoms with E-state index >= 15 is 0 Å². The molecular formula is C20H24N6. The second-order valence-corrected chi connectivity index (χ2v) is 6.85. The highest BCUT2D eigenvalue weighted by atomic mass is 15.3. The maximum atomic E-state index is 4.83. The van der Waals surface area contributed by atoms with E-state index in [-0.39, 0.29) is 0 Å². The van der Waals surface area contributed by atoms with Crippen LogP contribution in [0, 0.1) is 0 Å². The second-order valence-electron chi connectivity index (χ2n) is 6.85. The van der Waals surface area contributed by atoms with Crippen molar-refractivity contribution in [2.75, 3.05) is 41.3 Å². The van der Waals surface area contributed by atoms with Crippen LogP contribution in [0.2, 0.25) is 0 Å². The van der Waals surface area contributed by atoms with Gasteiger partial charge in [0, 0.05) is 43.8 Å². The van der Waals surface area contributed by atoms with Gasteiger partial charge in [-0.15, -0.1) is 0 Å². The summed E-state index contributed by atoms with van der Waals surface area (Å²) in [6.45, 7) is 7.86. The number of anilines is 3. The number of nitrogens with one attached hydrogen (secondary N) is 1. The van der Waals surface area contributed by atoms with E-state index in [1.54, 1.807) is 0 Å². The van der Waals surface area contributed by atoms with Gasteiger partial charge in [0.25, 0.3) is 0 Å². The first-order chi connectivity index (χ1) is 12.7. The van der Waals surface area contributed by atoms with E-state index < -0.39 is 0 Å². The summed E-state index contributed by atoms with van der Waals surface area (Å²) in [6, 6.07) is 14.5. The van der Waals surface area contributed by atoms with Crippen LogP contribution in [-0.2, 0) is 0 Å². The smallest absolute Gasteiger partial charge is 0.228 e. The third-order valence-corrected chi connectivity index (χ3v) is 4.55. The van der Waals surface area contributed by atoms with Crippen molar-refractivity contribution in [2.24, 2.45) is 0 Å². The molecule has 1 aliphatic rings. The van der Waals surface area contributed by atoms with Gasteiger partial charge in [-0.2, -0.15) is 4.98 Å². The van der Waals surface area contributed by atoms with Crippen molar-refractivity contribution in [2.45, 2.75) is 19.9 Å². The Morgan fingerprint density at radius 2 is 1.62 bits per heavy atom. The second kappa shape index (κ2) is 7.15. The standard InChI is InChI=1S/C20H24N6/c1-15(2)22-19-16-7-3-4-8-17(16)23-20(24-19)26-13-11-25(12-14-26)18-9-5-6-10-21-18/h3-10,15H,11-14H2,1-2H3,(H,22,23,24). The maximum absolute atomic E-state index is 4.83. The molecule has 0 atom stereocenters. The van der Waals surface area contributed by atoms with E-state index in [1.807, 2.05) is 30.5 Å². The number of piperazine rings is 1. The molecular weight excluding hydrogens is 324 g/mol. The molecule has 0 amide bonds. The molecule has 1 aromatic carbocycles. The number of hydrogen-bond acceptors (Lipinski definition) is 6. The van der Waals surface area contributed by atoms with Gasteiger partial charge in [-0.05, 0) is 38.1 Å². The minimum atomic E-state index is 0.321. The summed E-state index contributed by atoms with van der Waals surface area (Å²) in [5, 5.41) is 4.53. The van der Waals surface area contributed by atoms with Crippen LogP contribution in [-0.4, -0.2) is 47.2 Å². The van der Waals surface area contributed by atoms with Crippen LogP contribution in [0.1, 0.15) is 13.8 Å². The quantitative estimate of drug-likeness (QED) is 0.781. The third kappa shape index (κ3) is 3.40. The van der Waals surface area contributed by atoms with Gasteiger partial charge >= 0.3 is 0 Å². The Morgan fingerprint density at radius 1 is 0.885 bits per heavy atom. The van der Waals surface area contributed by atoms with E-state index in [0.717, 1.165) is 54.7 Å². The molecule has 0 saturated carbocycles. The zero-order valence-corrected chi connectivity index (χ0v) is 15.3. The number of fused-ring (bicyclic) bond motifs is 1. The summed E-state index contributed by atoms with van der Waals surface area (Å²) >= 11 is 0. The Hall–Kier alpha value is -2.89. The van der Waals surface area contributed by atoms with E-state index in [0.29, 0.717) is 6.04 Å². The van der Waals surface area contributed by atoms with Crippen LogP contribution in [0.5, 0.6) is 0 Å². The fraction of sp³-hybridized carbons (Fsp3) is 0.350. The lowest BCUT2D eigenvalue weighted by molar-refractivity contribution is 0.636. The summed E-state index contributed by atoms with van der Waals surface area (Å²) < 4.78 is 0. The van der Waals surface area contributed by atoms with E-state index in [9.17, 15) is 0 Å². The van der Waals surface area contributed by atoms with Crippen molar-refractivity contribution in [3.63, 3.8) is 0 Å². The van der Waals surface area contributed by atoms with Crippen LogP contribution >= 0.6 is 0 Å². The number of rotatable bonds is 4. The summed E-state index contributed by atoms with van der Waals surface area (Å²) in [5.74, 6) is 2.74. The molecule has 1 N–H and O–H groups in total. The van der Waals surface area contributed by atoms with E-state index in [4.69, 9.17) is 9.97 Å². The zero-order chi connectivity index (χ0) is 17.9. The largest absolute Gasteiger partial charge is 0.367 e. The molecule has 2 aromatic heterocycles. The number of benzene rings is 1. The van der Waals surface area contributed by atoms with Crippen molar-refractivity contribution in [1.29, 1.82) is 0 Å². The lowest BCUT2D eigenvalue weighted by atomic mass is 10.2. The van der Waals surface area contributed by atoms with Crippen molar-refractivity contribution in [3.8, 4) is 0 Å². The maximum Gasteiger partial charge on any atom is 0.228 e. The lowest BCUT2D eigenvalue weighted by Crippen LogP contribution is -2.47. The molecule has 0 unspecified atom stereocenters. The van der Waals surface area contributed by atoms with Gasteiger partial charge in [0.1, 0.15) is 11.6 Å². The SMILES string of the molecule is CC(C)Nc1nc(N2CCN(c3ccccn3)CC2)nc2ccccc12. The summed E-state index contributed by atoms with van der Waals surface area (Å²) in [6.07, 6.45) is 1.85. The number of aromatic nitrogens is 3. The Labute approximate surface area is 153 Å². The fourth-order valence-electron chi connectivity index (χ4n) is 3.27. The van der Waals surface area contributed by atoms with Gasteiger partial charge in [0.15, 0.2) is 0 Å². The molecule has 1 fully saturated rings. The van der Waals surface area contributed by atoms with Crippen LogP contribution in [0.4, 0.5) is 17.6 Å². The van der Waals surface area contributed by atoms with Crippen LogP contribution in [0.15, 0.2) is 48.7 Å². The molecule has 4 rings (SSSR count). The molecule has 6 nitrogen and oxygen atoms in total. The minimum absolute atomic E-state index is 0.321. The van der Waals surface area contributed by atoms with Crippen molar-refractivity contribution >= 4 is 28.5 Å². The molecule has 3 aromatic rings. The van der Waals surface area contributed by atoms with Gasteiger partial charge in [-0.25, -0.2) is 9.97 Å². The average Bonchev–Trinajstić information content (AvgIpc) is 2.68. The van der Waals surface area contributed by atoms with Gasteiger partial charge in [0.05, 0.1) is 5.52 Å². The monoisotopic (exact) mass is 348 g/mol. The van der Waals surface area contributed by atoms with Crippen LogP contribution in [0.25, 0.3) is 10.9 Å². The predicted molar refractivity (Wildman–Crippen MR) is 107 cm³/mol. The van der Waals surface area contributed by atoms with Crippen molar-refractivity contribution in [1.82, 2.24) is 15.0 Å². The third-order valence-electron chi connectivity index (χ3n) is 4.55. The van der Waals surface area contributed by atoms with Crippen LogP contribution < -0.4 is 15.1 Å². The molecule has 0 radical (unpaired) electrons. The predicted octanol–water partition coefficient (Wildman–Crippen LogP) is 3.17. The van der Waals surface area contributed by atoms with Gasteiger partial charge in [0.2, 0.25) is 5.95 Å². The fourth-order valence-corrected chi connectivity index (χ4v) is 3.27. The summed E-state index contributed by atoms with van der Waals surface area (Å²) in [5.41, 5.74) is 0.979. The minimum Gasteiger partial charge on any atom is -0.367 e. The number of pyridine rings is 1. The summed E-state index contributed by atoms with van der Waals surface area (Å²) in [4.78, 5) is 18.7. The molecule has 0 spiro atoms. The molecule has 3 heterocycles. The number of para-hydroxylation sites is 1. The first-order valence-electron chi connectivity index (χ1n) is 9.15. The zero-order valence-electron chi connectivity index (χ0n) is 15.3. The highest BCUT2D eigenvalue weighted by molar-refractivity contribution is 5.90. The molecule has 134 valence electrons. The van der Waals surface area contributed by atoms with Crippen LogP contribution in [0.3, 0.4) is 0 Å².